The van der Waals surface area contributed by atoms with Crippen LogP contribution >= 0.6 is 11.6 Å². The number of halogens is 1. The third kappa shape index (κ3) is 2.32. The van der Waals surface area contributed by atoms with E-state index in [1.165, 1.54) is 0 Å². The molecule has 0 spiro atoms. The maximum Gasteiger partial charge on any atom is 0.226 e. The molecular formula is C7H10ClN3O. The van der Waals surface area contributed by atoms with Crippen molar-refractivity contribution in [1.29, 1.82) is 0 Å². The Hall–Kier alpha value is -0.870. The Morgan fingerprint density at radius 2 is 2.42 bits per heavy atom. The van der Waals surface area contributed by atoms with Crippen molar-refractivity contribution in [3.63, 3.8) is 0 Å². The molecular weight excluding hydrogens is 178 g/mol. The summed E-state index contributed by atoms with van der Waals surface area (Å²) < 4.78 is 0. The lowest BCUT2D eigenvalue weighted by Gasteiger charge is -2.14. The predicted molar refractivity (Wildman–Crippen MR) is 47.4 cm³/mol. The summed E-state index contributed by atoms with van der Waals surface area (Å²) in [4.78, 5) is 9.67. The minimum absolute atomic E-state index is 0.0758. The van der Waals surface area contributed by atoms with Crippen molar-refractivity contribution >= 4 is 17.5 Å². The average Bonchev–Trinajstić information content (AvgIpc) is 2.05. The number of hydrogen-bond acceptors (Lipinski definition) is 4. The van der Waals surface area contributed by atoms with Crippen LogP contribution in [0, 0.1) is 0 Å². The number of likely N-dealkylation sites (N-methyl/N-ethyl adjacent to an activating group) is 1. The summed E-state index contributed by atoms with van der Waals surface area (Å²) in [5.74, 6) is 0.525. The van der Waals surface area contributed by atoms with E-state index in [0.717, 1.165) is 0 Å². The van der Waals surface area contributed by atoms with Gasteiger partial charge in [0.05, 0.1) is 6.61 Å². The van der Waals surface area contributed by atoms with Crippen molar-refractivity contribution in [2.24, 2.45) is 0 Å². The third-order valence-corrected chi connectivity index (χ3v) is 1.60. The minimum atomic E-state index is 0.0758. The highest BCUT2D eigenvalue weighted by Crippen LogP contribution is 2.08. The van der Waals surface area contributed by atoms with E-state index in [1.54, 1.807) is 24.2 Å². The summed E-state index contributed by atoms with van der Waals surface area (Å²) in [5, 5.41) is 9.04. The van der Waals surface area contributed by atoms with Crippen LogP contribution in [0.2, 0.25) is 5.15 Å². The van der Waals surface area contributed by atoms with Crippen molar-refractivity contribution in [2.75, 3.05) is 25.1 Å². The van der Waals surface area contributed by atoms with Gasteiger partial charge in [0, 0.05) is 19.8 Å². The fraction of sp³-hybridized carbons (Fsp3) is 0.429. The Kier molecular flexibility index (Phi) is 3.25. The van der Waals surface area contributed by atoms with Gasteiger partial charge in [-0.2, -0.15) is 0 Å². The summed E-state index contributed by atoms with van der Waals surface area (Å²) in [7, 11) is 1.79. The summed E-state index contributed by atoms with van der Waals surface area (Å²) >= 11 is 5.65. The quantitative estimate of drug-likeness (QED) is 0.703. The molecule has 1 N–H and O–H groups in total. The van der Waals surface area contributed by atoms with Crippen molar-refractivity contribution in [2.45, 2.75) is 0 Å². The summed E-state index contributed by atoms with van der Waals surface area (Å²) in [5.41, 5.74) is 0. The first-order chi connectivity index (χ1) is 5.74. The maximum absolute atomic E-state index is 8.64. The van der Waals surface area contributed by atoms with Crippen molar-refractivity contribution < 1.29 is 5.11 Å². The zero-order chi connectivity index (χ0) is 8.97. The van der Waals surface area contributed by atoms with Gasteiger partial charge in [0.2, 0.25) is 5.95 Å². The van der Waals surface area contributed by atoms with Crippen LogP contribution < -0.4 is 4.90 Å². The normalized spacial score (nSPS) is 9.92. The van der Waals surface area contributed by atoms with E-state index in [-0.39, 0.29) is 6.61 Å². The number of rotatable bonds is 3. The number of hydrogen-bond donors (Lipinski definition) is 1. The maximum atomic E-state index is 8.64. The molecule has 1 aromatic heterocycles. The Morgan fingerprint density at radius 3 is 3.00 bits per heavy atom. The fourth-order valence-corrected chi connectivity index (χ4v) is 0.893. The fourth-order valence-electron chi connectivity index (χ4n) is 0.761. The Bertz CT molecular complexity index is 256. The lowest BCUT2D eigenvalue weighted by molar-refractivity contribution is 0.303. The third-order valence-electron chi connectivity index (χ3n) is 1.39. The van der Waals surface area contributed by atoms with Crippen LogP contribution in [-0.4, -0.2) is 35.3 Å². The molecule has 0 saturated carbocycles. The van der Waals surface area contributed by atoms with Crippen LogP contribution in [0.3, 0.4) is 0 Å². The van der Waals surface area contributed by atoms with E-state index in [9.17, 15) is 0 Å². The van der Waals surface area contributed by atoms with E-state index < -0.39 is 0 Å². The molecule has 1 heterocycles. The van der Waals surface area contributed by atoms with Gasteiger partial charge in [0.25, 0.3) is 0 Å². The van der Waals surface area contributed by atoms with E-state index >= 15 is 0 Å². The second-order valence-corrected chi connectivity index (χ2v) is 2.71. The van der Waals surface area contributed by atoms with Crippen LogP contribution in [0.1, 0.15) is 0 Å². The van der Waals surface area contributed by atoms with E-state index in [2.05, 4.69) is 9.97 Å². The molecule has 5 heteroatoms. The standard InChI is InChI=1S/C7H10ClN3O/c1-11(4-5-12)7-9-3-2-6(8)10-7/h2-3,12H,4-5H2,1H3. The van der Waals surface area contributed by atoms with Crippen LogP contribution in [0.4, 0.5) is 5.95 Å². The van der Waals surface area contributed by atoms with E-state index in [1.807, 2.05) is 0 Å². The van der Waals surface area contributed by atoms with Gasteiger partial charge >= 0.3 is 0 Å². The van der Waals surface area contributed by atoms with Crippen LogP contribution in [0.15, 0.2) is 12.3 Å². The molecule has 0 saturated heterocycles. The number of anilines is 1. The second-order valence-electron chi connectivity index (χ2n) is 2.32. The van der Waals surface area contributed by atoms with E-state index in [0.29, 0.717) is 17.6 Å². The molecule has 0 amide bonds. The summed E-state index contributed by atoms with van der Waals surface area (Å²) in [6.45, 7) is 0.576. The summed E-state index contributed by atoms with van der Waals surface area (Å²) in [6.07, 6.45) is 1.58. The smallest absolute Gasteiger partial charge is 0.226 e. The largest absolute Gasteiger partial charge is 0.395 e. The lowest BCUT2D eigenvalue weighted by atomic mass is 10.6. The molecule has 4 nitrogen and oxygen atoms in total. The van der Waals surface area contributed by atoms with Gasteiger partial charge in [-0.05, 0) is 6.07 Å². The van der Waals surface area contributed by atoms with Crippen molar-refractivity contribution in [1.82, 2.24) is 9.97 Å². The number of aromatic nitrogens is 2. The Labute approximate surface area is 75.8 Å². The van der Waals surface area contributed by atoms with Gasteiger partial charge < -0.3 is 10.0 Å². The molecule has 0 bridgehead atoms. The molecule has 0 radical (unpaired) electrons. The van der Waals surface area contributed by atoms with Gasteiger partial charge in [-0.1, -0.05) is 11.6 Å². The monoisotopic (exact) mass is 187 g/mol. The van der Waals surface area contributed by atoms with Crippen LogP contribution in [-0.2, 0) is 0 Å². The first kappa shape index (κ1) is 9.22. The van der Waals surface area contributed by atoms with Crippen LogP contribution in [0.25, 0.3) is 0 Å². The molecule has 0 unspecified atom stereocenters. The highest BCUT2D eigenvalue weighted by Gasteiger charge is 2.02. The number of aliphatic hydroxyl groups is 1. The van der Waals surface area contributed by atoms with Gasteiger partial charge in [-0.15, -0.1) is 0 Å². The zero-order valence-electron chi connectivity index (χ0n) is 6.74. The highest BCUT2D eigenvalue weighted by atomic mass is 35.5. The average molecular weight is 188 g/mol. The molecule has 12 heavy (non-hydrogen) atoms. The molecule has 0 aliphatic carbocycles. The molecule has 0 aliphatic heterocycles. The lowest BCUT2D eigenvalue weighted by Crippen LogP contribution is -2.23. The Morgan fingerprint density at radius 1 is 1.67 bits per heavy atom. The van der Waals surface area contributed by atoms with Gasteiger partial charge in [-0.3, -0.25) is 0 Å². The van der Waals surface area contributed by atoms with Gasteiger partial charge in [-0.25, -0.2) is 9.97 Å². The SMILES string of the molecule is CN(CCO)c1nccc(Cl)n1. The second kappa shape index (κ2) is 4.23. The molecule has 0 aliphatic rings. The molecule has 0 atom stereocenters. The number of nitrogens with zero attached hydrogens (tertiary/aromatic N) is 3. The van der Waals surface area contributed by atoms with Crippen molar-refractivity contribution in [3.8, 4) is 0 Å². The molecule has 66 valence electrons. The Balaban J connectivity index is 2.73. The summed E-state index contributed by atoms with van der Waals surface area (Å²) in [6, 6.07) is 1.61. The predicted octanol–water partition coefficient (Wildman–Crippen LogP) is 0.558. The van der Waals surface area contributed by atoms with Crippen LogP contribution in [0.5, 0.6) is 0 Å². The number of aliphatic hydroxyl groups excluding tert-OH is 1. The van der Waals surface area contributed by atoms with Gasteiger partial charge in [0.1, 0.15) is 5.15 Å². The first-order valence-corrected chi connectivity index (χ1v) is 3.92. The molecule has 1 rings (SSSR count). The van der Waals surface area contributed by atoms with E-state index in [4.69, 9.17) is 16.7 Å². The minimum Gasteiger partial charge on any atom is -0.395 e. The highest BCUT2D eigenvalue weighted by molar-refractivity contribution is 6.29. The molecule has 0 aromatic carbocycles. The topological polar surface area (TPSA) is 49.2 Å². The van der Waals surface area contributed by atoms with Gasteiger partial charge in [0.15, 0.2) is 0 Å². The molecule has 1 aromatic rings. The molecule has 0 fully saturated rings. The zero-order valence-corrected chi connectivity index (χ0v) is 7.49. The van der Waals surface area contributed by atoms with Crippen molar-refractivity contribution in [3.05, 3.63) is 17.4 Å². The first-order valence-electron chi connectivity index (χ1n) is 3.54.